The van der Waals surface area contributed by atoms with E-state index in [-0.39, 0.29) is 18.3 Å². The van der Waals surface area contributed by atoms with E-state index in [0.717, 1.165) is 11.3 Å². The predicted molar refractivity (Wildman–Crippen MR) is 99.7 cm³/mol. The quantitative estimate of drug-likeness (QED) is 0.626. The van der Waals surface area contributed by atoms with Gasteiger partial charge >= 0.3 is 5.97 Å². The van der Waals surface area contributed by atoms with E-state index in [0.29, 0.717) is 10.8 Å². The largest absolute Gasteiger partial charge is 0.497 e. The van der Waals surface area contributed by atoms with Crippen molar-refractivity contribution in [3.05, 3.63) is 59.5 Å². The smallest absolute Gasteiger partial charge is 0.358 e. The average Bonchev–Trinajstić information content (AvgIpc) is 3.38. The van der Waals surface area contributed by atoms with Gasteiger partial charge in [-0.3, -0.25) is 4.79 Å². The molecule has 8 heteroatoms. The van der Waals surface area contributed by atoms with Crippen LogP contribution in [0.4, 0.5) is 0 Å². The Morgan fingerprint density at radius 3 is 2.70 bits per heavy atom. The van der Waals surface area contributed by atoms with Crippen LogP contribution in [0.5, 0.6) is 5.75 Å². The summed E-state index contributed by atoms with van der Waals surface area (Å²) in [4.78, 5) is 28.3. The van der Waals surface area contributed by atoms with Crippen LogP contribution in [-0.4, -0.2) is 30.6 Å². The Labute approximate surface area is 159 Å². The van der Waals surface area contributed by atoms with Gasteiger partial charge in [0.05, 0.1) is 19.4 Å². The second-order valence-corrected chi connectivity index (χ2v) is 6.51. The van der Waals surface area contributed by atoms with E-state index in [9.17, 15) is 9.59 Å². The molecule has 27 heavy (non-hydrogen) atoms. The van der Waals surface area contributed by atoms with Gasteiger partial charge in [0, 0.05) is 10.9 Å². The molecule has 2 aromatic heterocycles. The number of amides is 1. The van der Waals surface area contributed by atoms with Crippen LogP contribution in [0.15, 0.2) is 52.5 Å². The number of ether oxygens (including phenoxy) is 2. The Morgan fingerprint density at radius 2 is 2.04 bits per heavy atom. The van der Waals surface area contributed by atoms with E-state index in [4.69, 9.17) is 13.9 Å². The molecule has 0 radical (unpaired) electrons. The Kier molecular flexibility index (Phi) is 5.87. The van der Waals surface area contributed by atoms with Crippen LogP contribution in [0.25, 0.3) is 10.6 Å². The van der Waals surface area contributed by atoms with Crippen molar-refractivity contribution >= 4 is 23.2 Å². The Balaban J connectivity index is 1.53. The third-order valence-corrected chi connectivity index (χ3v) is 4.62. The summed E-state index contributed by atoms with van der Waals surface area (Å²) in [5.74, 6) is 0.299. The predicted octanol–water partition coefficient (Wildman–Crippen LogP) is 3.45. The van der Waals surface area contributed by atoms with Crippen molar-refractivity contribution in [2.45, 2.75) is 13.0 Å². The molecule has 0 spiro atoms. The maximum Gasteiger partial charge on any atom is 0.358 e. The molecule has 3 aromatic rings. The van der Waals surface area contributed by atoms with Gasteiger partial charge in [0.25, 0.3) is 5.91 Å². The summed E-state index contributed by atoms with van der Waals surface area (Å²) in [6.45, 7) is 1.39. The summed E-state index contributed by atoms with van der Waals surface area (Å²) in [5.41, 5.74) is 1.03. The molecule has 1 atom stereocenters. The van der Waals surface area contributed by atoms with E-state index < -0.39 is 11.9 Å². The fraction of sp³-hybridized carbons (Fsp3) is 0.211. The molecule has 0 aliphatic carbocycles. The standard InChI is InChI=1S/C19H18N2O5S/c1-12(16-4-3-9-25-16)20-17(22)10-26-19(23)15-11-27-18(21-15)13-5-7-14(24-2)8-6-13/h3-9,11-12H,10H2,1-2H3,(H,20,22)/t12-/m0/s1. The molecule has 1 amide bonds. The van der Waals surface area contributed by atoms with E-state index >= 15 is 0 Å². The minimum absolute atomic E-state index is 0.165. The monoisotopic (exact) mass is 386 g/mol. The molecule has 140 valence electrons. The number of thiazole rings is 1. The van der Waals surface area contributed by atoms with E-state index in [1.807, 2.05) is 24.3 Å². The first-order valence-electron chi connectivity index (χ1n) is 8.16. The number of hydrogen-bond donors (Lipinski definition) is 1. The molecule has 7 nitrogen and oxygen atoms in total. The van der Waals surface area contributed by atoms with E-state index in [1.54, 1.807) is 31.5 Å². The molecule has 0 aliphatic rings. The maximum absolute atomic E-state index is 12.1. The number of nitrogens with zero attached hydrogens (tertiary/aromatic N) is 1. The zero-order valence-corrected chi connectivity index (χ0v) is 15.6. The summed E-state index contributed by atoms with van der Waals surface area (Å²) in [6, 6.07) is 10.5. The number of furan rings is 1. The fourth-order valence-electron chi connectivity index (χ4n) is 2.33. The molecular formula is C19H18N2O5S. The van der Waals surface area contributed by atoms with Gasteiger partial charge in [-0.25, -0.2) is 9.78 Å². The van der Waals surface area contributed by atoms with Crippen molar-refractivity contribution in [1.29, 1.82) is 0 Å². The van der Waals surface area contributed by atoms with Crippen LogP contribution in [0.3, 0.4) is 0 Å². The van der Waals surface area contributed by atoms with Crippen LogP contribution >= 0.6 is 11.3 Å². The lowest BCUT2D eigenvalue weighted by Crippen LogP contribution is -2.31. The van der Waals surface area contributed by atoms with Crippen LogP contribution in [-0.2, 0) is 9.53 Å². The normalized spacial score (nSPS) is 11.6. The number of nitrogens with one attached hydrogen (secondary N) is 1. The second-order valence-electron chi connectivity index (χ2n) is 5.65. The SMILES string of the molecule is COc1ccc(-c2nc(C(=O)OCC(=O)N[C@@H](C)c3ccco3)cs2)cc1. The Morgan fingerprint density at radius 1 is 1.26 bits per heavy atom. The van der Waals surface area contributed by atoms with Crippen LogP contribution in [0.2, 0.25) is 0 Å². The highest BCUT2D eigenvalue weighted by Gasteiger charge is 2.17. The van der Waals surface area contributed by atoms with Crippen LogP contribution in [0, 0.1) is 0 Å². The number of methoxy groups -OCH3 is 1. The zero-order valence-electron chi connectivity index (χ0n) is 14.8. The average molecular weight is 386 g/mol. The number of rotatable bonds is 7. The Bertz CT molecular complexity index is 903. The number of benzene rings is 1. The van der Waals surface area contributed by atoms with Crippen LogP contribution in [0.1, 0.15) is 29.2 Å². The molecule has 0 unspecified atom stereocenters. The van der Waals surface area contributed by atoms with Gasteiger partial charge in [-0.1, -0.05) is 0 Å². The lowest BCUT2D eigenvalue weighted by molar-refractivity contribution is -0.125. The third-order valence-electron chi connectivity index (χ3n) is 3.73. The van der Waals surface area contributed by atoms with E-state index in [2.05, 4.69) is 10.3 Å². The molecule has 0 bridgehead atoms. The lowest BCUT2D eigenvalue weighted by atomic mass is 10.2. The molecule has 0 saturated carbocycles. The number of hydrogen-bond acceptors (Lipinski definition) is 7. The highest BCUT2D eigenvalue weighted by Crippen LogP contribution is 2.26. The third kappa shape index (κ3) is 4.73. The summed E-state index contributed by atoms with van der Waals surface area (Å²) in [6.07, 6.45) is 1.53. The van der Waals surface area contributed by atoms with Crippen LogP contribution < -0.4 is 10.1 Å². The Hall–Kier alpha value is -3.13. The summed E-state index contributed by atoms with van der Waals surface area (Å²) in [7, 11) is 1.60. The zero-order chi connectivity index (χ0) is 19.2. The topological polar surface area (TPSA) is 90.7 Å². The van der Waals surface area contributed by atoms with Crippen molar-refractivity contribution in [2.75, 3.05) is 13.7 Å². The summed E-state index contributed by atoms with van der Waals surface area (Å²) in [5, 5.41) is 4.97. The molecule has 0 aliphatic heterocycles. The minimum atomic E-state index is -0.646. The molecule has 1 aromatic carbocycles. The second kappa shape index (κ2) is 8.50. The van der Waals surface area contributed by atoms with Gasteiger partial charge in [0.15, 0.2) is 12.3 Å². The van der Waals surface area contributed by atoms with Crippen molar-refractivity contribution in [3.8, 4) is 16.3 Å². The van der Waals surface area contributed by atoms with Crippen molar-refractivity contribution in [2.24, 2.45) is 0 Å². The summed E-state index contributed by atoms with van der Waals surface area (Å²) >= 11 is 1.32. The first-order chi connectivity index (χ1) is 13.1. The number of esters is 1. The van der Waals surface area contributed by atoms with Gasteiger partial charge in [-0.05, 0) is 43.3 Å². The highest BCUT2D eigenvalue weighted by atomic mass is 32.1. The molecule has 0 saturated heterocycles. The van der Waals surface area contributed by atoms with Gasteiger partial charge in [0.2, 0.25) is 0 Å². The molecule has 1 N–H and O–H groups in total. The first-order valence-corrected chi connectivity index (χ1v) is 9.04. The molecule has 3 rings (SSSR count). The van der Waals surface area contributed by atoms with Crippen molar-refractivity contribution < 1.29 is 23.5 Å². The van der Waals surface area contributed by atoms with Gasteiger partial charge < -0.3 is 19.2 Å². The molecule has 2 heterocycles. The fourth-order valence-corrected chi connectivity index (χ4v) is 3.13. The first kappa shape index (κ1) is 18.7. The van der Waals surface area contributed by atoms with Gasteiger partial charge in [0.1, 0.15) is 16.5 Å². The van der Waals surface area contributed by atoms with E-state index in [1.165, 1.54) is 17.6 Å². The molecular weight excluding hydrogens is 368 g/mol. The summed E-state index contributed by atoms with van der Waals surface area (Å²) < 4.78 is 15.4. The lowest BCUT2D eigenvalue weighted by Gasteiger charge is -2.11. The minimum Gasteiger partial charge on any atom is -0.497 e. The maximum atomic E-state index is 12.1. The number of aromatic nitrogens is 1. The van der Waals surface area contributed by atoms with Crippen molar-refractivity contribution in [1.82, 2.24) is 10.3 Å². The highest BCUT2D eigenvalue weighted by molar-refractivity contribution is 7.13. The van der Waals surface area contributed by atoms with Crippen molar-refractivity contribution in [3.63, 3.8) is 0 Å². The number of carbonyl (C=O) groups excluding carboxylic acids is 2. The number of carbonyl (C=O) groups is 2. The van der Waals surface area contributed by atoms with Gasteiger partial charge in [-0.2, -0.15) is 0 Å². The molecule has 0 fully saturated rings. The van der Waals surface area contributed by atoms with Gasteiger partial charge in [-0.15, -0.1) is 11.3 Å².